The Labute approximate surface area is 161 Å². The van der Waals surface area contributed by atoms with Crippen LogP contribution in [0.25, 0.3) is 27.8 Å². The minimum Gasteiger partial charge on any atom is -0.349 e. The van der Waals surface area contributed by atoms with E-state index in [9.17, 15) is 0 Å². The summed E-state index contributed by atoms with van der Waals surface area (Å²) in [6.07, 6.45) is 5.69. The summed E-state index contributed by atoms with van der Waals surface area (Å²) >= 11 is 3.57. The first kappa shape index (κ1) is 15.9. The predicted octanol–water partition coefficient (Wildman–Crippen LogP) is 7.05. The first-order valence-corrected chi connectivity index (χ1v) is 9.88. The van der Waals surface area contributed by atoms with Gasteiger partial charge in [-0.2, -0.15) is 0 Å². The highest BCUT2D eigenvalue weighted by atomic mass is 79.9. The summed E-state index contributed by atoms with van der Waals surface area (Å²) < 4.78 is 1.02. The molecular weight excluding hydrogens is 382 g/mol. The molecule has 0 fully saturated rings. The number of allylic oxidation sites excluding steroid dienone is 1. The first-order valence-electron chi connectivity index (χ1n) is 9.09. The molecule has 5 rings (SSSR count). The summed E-state index contributed by atoms with van der Waals surface area (Å²) in [4.78, 5) is 3.47. The zero-order valence-electron chi connectivity index (χ0n) is 14.9. The van der Waals surface area contributed by atoms with E-state index in [4.69, 9.17) is 0 Å². The Morgan fingerprint density at radius 1 is 0.962 bits per heavy atom. The lowest BCUT2D eigenvalue weighted by molar-refractivity contribution is 0.852. The van der Waals surface area contributed by atoms with Crippen LogP contribution >= 0.6 is 15.9 Å². The summed E-state index contributed by atoms with van der Waals surface area (Å²) in [5, 5.41) is 4.07. The molecule has 4 aromatic rings. The van der Waals surface area contributed by atoms with Crippen molar-refractivity contribution >= 4 is 43.7 Å². The number of aryl methyl sites for hydroxylation is 2. The molecule has 26 heavy (non-hydrogen) atoms. The third kappa shape index (κ3) is 2.36. The van der Waals surface area contributed by atoms with Crippen LogP contribution in [0.4, 0.5) is 0 Å². The number of nitrogens with one attached hydrogen (secondary N) is 1. The number of H-pyrrole nitrogens is 1. The van der Waals surface area contributed by atoms with Gasteiger partial charge in [0.2, 0.25) is 0 Å². The Morgan fingerprint density at radius 3 is 2.69 bits per heavy atom. The van der Waals surface area contributed by atoms with Crippen molar-refractivity contribution in [3.8, 4) is 0 Å². The lowest BCUT2D eigenvalue weighted by atomic mass is 9.91. The highest BCUT2D eigenvalue weighted by molar-refractivity contribution is 9.10. The maximum absolute atomic E-state index is 3.57. The second kappa shape index (κ2) is 5.85. The Kier molecular flexibility index (Phi) is 3.58. The van der Waals surface area contributed by atoms with E-state index >= 15 is 0 Å². The number of halogens is 1. The van der Waals surface area contributed by atoms with Crippen LogP contribution < -0.4 is 0 Å². The van der Waals surface area contributed by atoms with E-state index in [1.807, 2.05) is 0 Å². The van der Waals surface area contributed by atoms with Gasteiger partial charge in [0.15, 0.2) is 0 Å². The van der Waals surface area contributed by atoms with Gasteiger partial charge >= 0.3 is 0 Å². The molecule has 1 aliphatic carbocycles. The molecule has 3 aromatic carbocycles. The zero-order chi connectivity index (χ0) is 17.8. The number of aromatic amines is 1. The number of hydrogen-bond donors (Lipinski definition) is 1. The number of aromatic nitrogens is 1. The van der Waals surface area contributed by atoms with E-state index in [0.29, 0.717) is 5.92 Å². The van der Waals surface area contributed by atoms with Crippen LogP contribution in [0.3, 0.4) is 0 Å². The van der Waals surface area contributed by atoms with Gasteiger partial charge < -0.3 is 4.98 Å². The molecule has 0 amide bonds. The van der Waals surface area contributed by atoms with E-state index in [-0.39, 0.29) is 0 Å². The van der Waals surface area contributed by atoms with Crippen molar-refractivity contribution in [1.29, 1.82) is 0 Å². The quantitative estimate of drug-likeness (QED) is 0.346. The van der Waals surface area contributed by atoms with Crippen LogP contribution in [0.15, 0.2) is 59.2 Å². The average Bonchev–Trinajstić information content (AvgIpc) is 3.18. The fourth-order valence-electron chi connectivity index (χ4n) is 4.44. The van der Waals surface area contributed by atoms with Gasteiger partial charge in [-0.3, -0.25) is 0 Å². The molecule has 1 N–H and O–H groups in total. The van der Waals surface area contributed by atoms with E-state index in [1.54, 1.807) is 0 Å². The number of benzene rings is 2. The van der Waals surface area contributed by atoms with Crippen molar-refractivity contribution in [1.82, 2.24) is 4.98 Å². The van der Waals surface area contributed by atoms with Gasteiger partial charge in [-0.25, -0.2) is 0 Å². The van der Waals surface area contributed by atoms with Gasteiger partial charge in [0, 0.05) is 16.8 Å². The third-order valence-electron chi connectivity index (χ3n) is 5.82. The maximum Gasteiger partial charge on any atom is 0.0824 e. The number of pyridine rings is 1. The predicted molar refractivity (Wildman–Crippen MR) is 115 cm³/mol. The topological polar surface area (TPSA) is 15.8 Å². The first-order chi connectivity index (χ1) is 12.6. The Morgan fingerprint density at radius 2 is 1.81 bits per heavy atom. The summed E-state index contributed by atoms with van der Waals surface area (Å²) in [7, 11) is 0. The number of fused-ring (bicyclic) bond motifs is 3. The molecule has 0 bridgehead atoms. The van der Waals surface area contributed by atoms with Gasteiger partial charge in [-0.1, -0.05) is 42.5 Å². The van der Waals surface area contributed by atoms with Crippen LogP contribution in [0.2, 0.25) is 0 Å². The van der Waals surface area contributed by atoms with Crippen molar-refractivity contribution in [3.63, 3.8) is 0 Å². The molecule has 1 atom stereocenters. The second-order valence-electron chi connectivity index (χ2n) is 7.33. The molecule has 1 aliphatic rings. The van der Waals surface area contributed by atoms with Crippen molar-refractivity contribution in [3.05, 3.63) is 87.0 Å². The van der Waals surface area contributed by atoms with Gasteiger partial charge in [-0.15, -0.1) is 0 Å². The minimum atomic E-state index is 0.470. The molecule has 0 saturated heterocycles. The van der Waals surface area contributed by atoms with Gasteiger partial charge in [0.1, 0.15) is 0 Å². The largest absolute Gasteiger partial charge is 0.349 e. The number of rotatable bonds is 2. The maximum atomic E-state index is 3.57. The Balaban J connectivity index is 1.68. The molecule has 1 unspecified atom stereocenters. The van der Waals surface area contributed by atoms with Crippen molar-refractivity contribution < 1.29 is 0 Å². The molecule has 1 heterocycles. The fraction of sp³-hybridized carbons (Fsp3) is 0.167. The Hall–Kier alpha value is -2.32. The second-order valence-corrected chi connectivity index (χ2v) is 8.19. The molecular formula is C24H20BrN. The molecule has 0 saturated carbocycles. The van der Waals surface area contributed by atoms with Crippen molar-refractivity contribution in [2.24, 2.45) is 0 Å². The van der Waals surface area contributed by atoms with E-state index < -0.39 is 0 Å². The summed E-state index contributed by atoms with van der Waals surface area (Å²) in [6, 6.07) is 17.7. The summed E-state index contributed by atoms with van der Waals surface area (Å²) in [5.41, 5.74) is 8.24. The smallest absolute Gasteiger partial charge is 0.0824 e. The lowest BCUT2D eigenvalue weighted by Crippen LogP contribution is -1.99. The summed E-state index contributed by atoms with van der Waals surface area (Å²) in [6.45, 7) is 4.49. The fourth-order valence-corrected chi connectivity index (χ4v) is 4.78. The molecule has 0 radical (unpaired) electrons. The zero-order valence-corrected chi connectivity index (χ0v) is 16.5. The van der Waals surface area contributed by atoms with Crippen molar-refractivity contribution in [2.75, 3.05) is 0 Å². The average molecular weight is 402 g/mol. The SMILES string of the molecule is Cc1cc2c(C)c3ccc(Br)[nH]c3cc2c1CC1C=Cc2ccccc21. The molecule has 128 valence electrons. The molecule has 2 heteroatoms. The van der Waals surface area contributed by atoms with E-state index in [0.717, 1.165) is 11.0 Å². The normalized spacial score (nSPS) is 15.9. The van der Waals surface area contributed by atoms with Gasteiger partial charge in [0.25, 0.3) is 0 Å². The van der Waals surface area contributed by atoms with Crippen LogP contribution in [0.1, 0.15) is 33.7 Å². The van der Waals surface area contributed by atoms with E-state index in [1.165, 1.54) is 49.5 Å². The molecule has 0 spiro atoms. The van der Waals surface area contributed by atoms with Gasteiger partial charge in [-0.05, 0) is 93.0 Å². The highest BCUT2D eigenvalue weighted by Crippen LogP contribution is 2.38. The van der Waals surface area contributed by atoms with Crippen LogP contribution in [-0.4, -0.2) is 4.98 Å². The Bertz CT molecular complexity index is 1200. The third-order valence-corrected chi connectivity index (χ3v) is 6.28. The van der Waals surface area contributed by atoms with Crippen LogP contribution in [0, 0.1) is 13.8 Å². The standard InChI is InChI=1S/C24H20BrN/c1-14-11-21-15(2)18-9-10-24(25)26-23(18)13-22(21)20(14)12-17-8-7-16-5-3-4-6-19(16)17/h3-11,13,17,26H,12H2,1-2H3. The molecule has 0 aliphatic heterocycles. The van der Waals surface area contributed by atoms with Crippen molar-refractivity contribution in [2.45, 2.75) is 26.2 Å². The lowest BCUT2D eigenvalue weighted by Gasteiger charge is -2.13. The summed E-state index contributed by atoms with van der Waals surface area (Å²) in [5.74, 6) is 0.470. The van der Waals surface area contributed by atoms with E-state index in [2.05, 4.69) is 95.4 Å². The highest BCUT2D eigenvalue weighted by Gasteiger charge is 2.20. The molecule has 1 nitrogen and oxygen atoms in total. The minimum absolute atomic E-state index is 0.470. The molecule has 1 aromatic heterocycles. The van der Waals surface area contributed by atoms with Crippen LogP contribution in [0.5, 0.6) is 0 Å². The van der Waals surface area contributed by atoms with Gasteiger partial charge in [0.05, 0.1) is 4.60 Å². The monoisotopic (exact) mass is 401 g/mol. The number of hydrogen-bond acceptors (Lipinski definition) is 0. The van der Waals surface area contributed by atoms with Crippen LogP contribution in [-0.2, 0) is 6.42 Å².